The molecule has 1 aliphatic rings. The lowest BCUT2D eigenvalue weighted by Gasteiger charge is -2.35. The Hall–Kier alpha value is -2.80. The maximum absolute atomic E-state index is 12.6. The normalized spacial score (nSPS) is 17.5. The fourth-order valence-corrected chi connectivity index (χ4v) is 4.07. The Kier molecular flexibility index (Phi) is 3.96. The van der Waals surface area contributed by atoms with E-state index in [1.807, 2.05) is 25.1 Å². The van der Waals surface area contributed by atoms with E-state index < -0.39 is 17.3 Å². The molecule has 4 rings (SSSR count). The maximum Gasteiger partial charge on any atom is 0.331 e. The molecular formula is C19H22N4O3. The molecule has 0 saturated heterocycles. The van der Waals surface area contributed by atoms with Crippen LogP contribution in [0.4, 0.5) is 0 Å². The molecule has 7 heteroatoms. The van der Waals surface area contributed by atoms with Crippen molar-refractivity contribution in [2.24, 2.45) is 0 Å². The molecule has 2 aromatic heterocycles. The van der Waals surface area contributed by atoms with Crippen molar-refractivity contribution in [3.05, 3.63) is 61.9 Å². The number of benzene rings is 1. The van der Waals surface area contributed by atoms with Crippen LogP contribution in [0.15, 0.2) is 33.9 Å². The summed E-state index contributed by atoms with van der Waals surface area (Å²) < 4.78 is 1.20. The second-order valence-corrected chi connectivity index (χ2v) is 6.58. The molecule has 0 radical (unpaired) electrons. The van der Waals surface area contributed by atoms with Gasteiger partial charge in [0.25, 0.3) is 5.56 Å². The lowest BCUT2D eigenvalue weighted by molar-refractivity contribution is 0.214. The summed E-state index contributed by atoms with van der Waals surface area (Å²) >= 11 is 0. The molecule has 7 nitrogen and oxygen atoms in total. The number of rotatable bonds is 3. The zero-order chi connectivity index (χ0) is 18.4. The molecule has 3 N–H and O–H groups in total. The highest BCUT2D eigenvalue weighted by Crippen LogP contribution is 2.39. The second-order valence-electron chi connectivity index (χ2n) is 6.58. The van der Waals surface area contributed by atoms with Gasteiger partial charge in [-0.3, -0.25) is 19.2 Å². The number of H-pyrrole nitrogens is 2. The number of fused-ring (bicyclic) bond motifs is 3. The summed E-state index contributed by atoms with van der Waals surface area (Å²) in [5, 5.41) is 11.9. The van der Waals surface area contributed by atoms with Gasteiger partial charge in [-0.2, -0.15) is 0 Å². The molecule has 0 aliphatic carbocycles. The molecule has 0 spiro atoms. The maximum atomic E-state index is 12.6. The quantitative estimate of drug-likeness (QED) is 0.667. The minimum atomic E-state index is -0.588. The Morgan fingerprint density at radius 3 is 2.65 bits per heavy atom. The van der Waals surface area contributed by atoms with Crippen molar-refractivity contribution >= 4 is 10.9 Å². The van der Waals surface area contributed by atoms with Crippen molar-refractivity contribution in [2.45, 2.75) is 32.9 Å². The number of aromatic nitrogens is 3. The Labute approximate surface area is 149 Å². The van der Waals surface area contributed by atoms with Crippen LogP contribution < -0.4 is 11.2 Å². The number of hydrogen-bond donors (Lipinski definition) is 3. The van der Waals surface area contributed by atoms with Gasteiger partial charge in [-0.15, -0.1) is 0 Å². The first-order chi connectivity index (χ1) is 12.6. The first-order valence-electron chi connectivity index (χ1n) is 8.96. The minimum absolute atomic E-state index is 0.223. The van der Waals surface area contributed by atoms with Crippen molar-refractivity contribution in [3.63, 3.8) is 0 Å². The van der Waals surface area contributed by atoms with Crippen LogP contribution in [0.2, 0.25) is 0 Å². The first-order valence-corrected chi connectivity index (χ1v) is 8.96. The van der Waals surface area contributed by atoms with E-state index in [2.05, 4.69) is 20.9 Å². The molecule has 0 bridgehead atoms. The van der Waals surface area contributed by atoms with Crippen LogP contribution in [0.3, 0.4) is 0 Å². The van der Waals surface area contributed by atoms with Crippen LogP contribution in [0, 0.1) is 0 Å². The van der Waals surface area contributed by atoms with Gasteiger partial charge in [0, 0.05) is 29.7 Å². The molecule has 1 aromatic carbocycles. The number of nitrogens with one attached hydrogen (secondary N) is 2. The van der Waals surface area contributed by atoms with Gasteiger partial charge < -0.3 is 10.1 Å². The lowest BCUT2D eigenvalue weighted by Crippen LogP contribution is -2.41. The Bertz CT molecular complexity index is 1090. The van der Waals surface area contributed by atoms with Crippen molar-refractivity contribution < 1.29 is 5.11 Å². The standard InChI is InChI=1S/C19H22N4O3/c1-3-22-10-9-12-11-7-5-6-8-13(11)20-15(12)16(22)14-17(24)21-19(26)23(4-2)18(14)25/h5-8,16,20,25H,3-4,9-10H2,1-2H3,(H,21,24,26)/t16-/m1/s1. The third-order valence-electron chi connectivity index (χ3n) is 5.34. The number of likely N-dealkylation sites (N-methyl/N-ethyl adjacent to an activating group) is 1. The van der Waals surface area contributed by atoms with Crippen molar-refractivity contribution in [1.29, 1.82) is 0 Å². The van der Waals surface area contributed by atoms with Crippen LogP contribution in [-0.2, 0) is 13.0 Å². The van der Waals surface area contributed by atoms with Gasteiger partial charge in [0.05, 0.1) is 6.04 Å². The molecule has 136 valence electrons. The zero-order valence-corrected chi connectivity index (χ0v) is 14.9. The molecule has 1 aliphatic heterocycles. The second kappa shape index (κ2) is 6.17. The predicted octanol–water partition coefficient (Wildman–Crippen LogP) is 1.71. The van der Waals surface area contributed by atoms with Crippen LogP contribution in [0.5, 0.6) is 5.88 Å². The van der Waals surface area contributed by atoms with E-state index in [0.29, 0.717) is 0 Å². The zero-order valence-electron chi connectivity index (χ0n) is 14.9. The molecule has 1 atom stereocenters. The summed E-state index contributed by atoms with van der Waals surface area (Å²) in [4.78, 5) is 32.6. The molecule has 0 fully saturated rings. The SMILES string of the molecule is CCN1CCc2c([nH]c3ccccc23)[C@H]1c1c(O)n(CC)c(=O)[nH]c1=O. The summed E-state index contributed by atoms with van der Waals surface area (Å²) in [6.07, 6.45) is 0.871. The highest BCUT2D eigenvalue weighted by Gasteiger charge is 2.35. The molecule has 3 aromatic rings. The summed E-state index contributed by atoms with van der Waals surface area (Å²) in [5.41, 5.74) is 2.20. The molecule has 3 heterocycles. The Morgan fingerprint density at radius 1 is 1.15 bits per heavy atom. The van der Waals surface area contributed by atoms with Gasteiger partial charge in [-0.25, -0.2) is 4.79 Å². The number of nitrogens with zero attached hydrogens (tertiary/aromatic N) is 2. The smallest absolute Gasteiger partial charge is 0.331 e. The fourth-order valence-electron chi connectivity index (χ4n) is 4.07. The van der Waals surface area contributed by atoms with E-state index in [1.54, 1.807) is 6.92 Å². The van der Waals surface area contributed by atoms with Crippen LogP contribution in [0.25, 0.3) is 10.9 Å². The van der Waals surface area contributed by atoms with Crippen LogP contribution >= 0.6 is 0 Å². The van der Waals surface area contributed by atoms with Gasteiger partial charge in [0.1, 0.15) is 5.56 Å². The van der Waals surface area contributed by atoms with Gasteiger partial charge in [0.15, 0.2) is 0 Å². The topological polar surface area (TPSA) is 94.1 Å². The first kappa shape index (κ1) is 16.7. The highest BCUT2D eigenvalue weighted by atomic mass is 16.3. The Morgan fingerprint density at radius 2 is 1.92 bits per heavy atom. The Balaban J connectivity index is 2.02. The van der Waals surface area contributed by atoms with E-state index in [9.17, 15) is 14.7 Å². The van der Waals surface area contributed by atoms with Crippen molar-refractivity contribution in [3.8, 4) is 5.88 Å². The van der Waals surface area contributed by atoms with Crippen LogP contribution in [-0.4, -0.2) is 37.6 Å². The monoisotopic (exact) mass is 354 g/mol. The van der Waals surface area contributed by atoms with E-state index in [4.69, 9.17) is 0 Å². The number of para-hydroxylation sites is 1. The molecule has 0 unspecified atom stereocenters. The number of hydrogen-bond acceptors (Lipinski definition) is 4. The van der Waals surface area contributed by atoms with Gasteiger partial charge >= 0.3 is 5.69 Å². The molecule has 26 heavy (non-hydrogen) atoms. The van der Waals surface area contributed by atoms with Crippen molar-refractivity contribution in [1.82, 2.24) is 19.4 Å². The molecule has 0 amide bonds. The van der Waals surface area contributed by atoms with E-state index >= 15 is 0 Å². The number of aromatic hydroxyl groups is 1. The molecular weight excluding hydrogens is 332 g/mol. The third-order valence-corrected chi connectivity index (χ3v) is 5.34. The summed E-state index contributed by atoms with van der Waals surface area (Å²) in [7, 11) is 0. The van der Waals surface area contributed by atoms with Crippen molar-refractivity contribution in [2.75, 3.05) is 13.1 Å². The van der Waals surface area contributed by atoms with E-state index in [1.165, 1.54) is 10.1 Å². The van der Waals surface area contributed by atoms with E-state index in [0.717, 1.165) is 36.1 Å². The lowest BCUT2D eigenvalue weighted by atomic mass is 9.93. The summed E-state index contributed by atoms with van der Waals surface area (Å²) in [6.45, 7) is 5.58. The van der Waals surface area contributed by atoms with Gasteiger partial charge in [-0.1, -0.05) is 25.1 Å². The summed E-state index contributed by atoms with van der Waals surface area (Å²) in [6, 6.07) is 7.63. The fraction of sp³-hybridized carbons (Fsp3) is 0.368. The predicted molar refractivity (Wildman–Crippen MR) is 99.8 cm³/mol. The average Bonchev–Trinajstić information content (AvgIpc) is 3.00. The molecule has 0 saturated carbocycles. The minimum Gasteiger partial charge on any atom is -0.494 e. The third kappa shape index (κ3) is 2.31. The average molecular weight is 354 g/mol. The summed E-state index contributed by atoms with van der Waals surface area (Å²) in [5.74, 6) is -0.254. The van der Waals surface area contributed by atoms with Crippen LogP contribution in [0.1, 0.15) is 36.7 Å². The van der Waals surface area contributed by atoms with Gasteiger partial charge in [-0.05, 0) is 31.5 Å². The number of aromatic amines is 2. The highest BCUT2D eigenvalue weighted by molar-refractivity contribution is 5.85. The van der Waals surface area contributed by atoms with E-state index in [-0.39, 0.29) is 18.0 Å². The van der Waals surface area contributed by atoms with Gasteiger partial charge in [0.2, 0.25) is 5.88 Å². The largest absolute Gasteiger partial charge is 0.494 e.